The van der Waals surface area contributed by atoms with E-state index in [0.717, 1.165) is 74.9 Å². The number of anilines is 1. The Morgan fingerprint density at radius 1 is 1.08 bits per heavy atom. The summed E-state index contributed by atoms with van der Waals surface area (Å²) in [6, 6.07) is 15.9. The molecule has 2 aromatic heterocycles. The lowest BCUT2D eigenvalue weighted by molar-refractivity contribution is 0.154. The zero-order chi connectivity index (χ0) is 32.6. The van der Waals surface area contributed by atoms with Crippen LogP contribution in [-0.4, -0.2) is 63.3 Å². The van der Waals surface area contributed by atoms with Crippen molar-refractivity contribution in [2.45, 2.75) is 57.8 Å². The topological polar surface area (TPSA) is 86.6 Å². The number of hydrogen-bond donors (Lipinski definition) is 2. The molecule has 2 atom stereocenters. The molecule has 2 N–H and O–H groups in total. The first-order valence-corrected chi connectivity index (χ1v) is 16.9. The molecule has 5 heterocycles. The summed E-state index contributed by atoms with van der Waals surface area (Å²) in [6.45, 7) is 6.59. The molecular formula is C39H37FN6O2. The van der Waals surface area contributed by atoms with E-state index in [1.165, 1.54) is 5.56 Å². The third-order valence-electron chi connectivity index (χ3n) is 10.8. The molecule has 0 spiro atoms. The largest absolute Gasteiger partial charge is 0.508 e. The van der Waals surface area contributed by atoms with Crippen molar-refractivity contribution >= 4 is 27.5 Å². The number of fused-ring (bicyclic) bond motifs is 5. The van der Waals surface area contributed by atoms with Gasteiger partial charge in [-0.25, -0.2) is 4.39 Å². The van der Waals surface area contributed by atoms with E-state index in [0.29, 0.717) is 52.1 Å². The molecule has 2 unspecified atom stereocenters. The van der Waals surface area contributed by atoms with Gasteiger partial charge in [0.15, 0.2) is 5.82 Å². The van der Waals surface area contributed by atoms with E-state index < -0.39 is 5.82 Å². The first-order chi connectivity index (χ1) is 23.4. The lowest BCUT2D eigenvalue weighted by Gasteiger charge is -2.34. The number of phenolic OH excluding ortho intramolecular Hbond substituents is 1. The summed E-state index contributed by atoms with van der Waals surface area (Å²) in [5, 5.41) is 16.5. The monoisotopic (exact) mass is 640 g/mol. The van der Waals surface area contributed by atoms with E-state index in [-0.39, 0.29) is 22.7 Å². The first-order valence-electron chi connectivity index (χ1n) is 16.9. The third-order valence-corrected chi connectivity index (χ3v) is 10.8. The highest BCUT2D eigenvalue weighted by molar-refractivity contribution is 6.04. The number of benzene rings is 3. The fourth-order valence-electron chi connectivity index (χ4n) is 8.25. The Morgan fingerprint density at radius 3 is 2.69 bits per heavy atom. The molecule has 3 fully saturated rings. The molecule has 3 aliphatic heterocycles. The van der Waals surface area contributed by atoms with E-state index in [1.54, 1.807) is 12.1 Å². The highest BCUT2D eigenvalue weighted by atomic mass is 19.1. The maximum absolute atomic E-state index is 17.2. The number of aromatic hydroxyl groups is 1. The van der Waals surface area contributed by atoms with Crippen LogP contribution in [-0.2, 0) is 13.1 Å². The van der Waals surface area contributed by atoms with Crippen LogP contribution in [0, 0.1) is 30.5 Å². The van der Waals surface area contributed by atoms with Crippen molar-refractivity contribution in [2.24, 2.45) is 5.41 Å². The van der Waals surface area contributed by atoms with Crippen LogP contribution in [0.3, 0.4) is 0 Å². The standard InChI is InChI=1S/C39H37FN6O2/c1-3-24-6-4-7-25-15-29(47)16-30(34(24)25)33-23(2)14-31-36(35(33)40)43-38(44-37(31)46-18-27-9-10-28(19-46)42-27)48-22-39(11-12-39)21-45-17-26-8-5-13-41-32(26)20-45/h1,4-8,13-16,27-28,42,47H,9-12,17-22H2,2H3. The van der Waals surface area contributed by atoms with Crippen molar-refractivity contribution in [3.8, 4) is 35.2 Å². The normalized spacial score (nSPS) is 21.1. The van der Waals surface area contributed by atoms with Crippen LogP contribution in [0.1, 0.15) is 48.1 Å². The number of terminal acetylenes is 1. The molecular weight excluding hydrogens is 603 g/mol. The predicted molar refractivity (Wildman–Crippen MR) is 184 cm³/mol. The molecule has 0 amide bonds. The van der Waals surface area contributed by atoms with Gasteiger partial charge in [-0.05, 0) is 85.0 Å². The summed E-state index contributed by atoms with van der Waals surface area (Å²) in [5.74, 6) is 3.03. The van der Waals surface area contributed by atoms with Gasteiger partial charge in [-0.2, -0.15) is 9.97 Å². The second-order valence-corrected chi connectivity index (χ2v) is 14.2. The number of hydrogen-bond acceptors (Lipinski definition) is 8. The molecule has 4 aliphatic rings. The minimum absolute atomic E-state index is 0.0117. The number of nitrogens with one attached hydrogen (secondary N) is 1. The number of pyridine rings is 1. The Balaban J connectivity index is 1.12. The third kappa shape index (κ3) is 5.02. The van der Waals surface area contributed by atoms with Gasteiger partial charge in [0.05, 0.1) is 12.3 Å². The van der Waals surface area contributed by atoms with E-state index in [2.05, 4.69) is 32.1 Å². The average Bonchev–Trinajstić information content (AvgIpc) is 3.59. The first kappa shape index (κ1) is 29.4. The number of nitrogens with zero attached hydrogens (tertiary/aromatic N) is 5. The summed E-state index contributed by atoms with van der Waals surface area (Å²) in [6.07, 6.45) is 12.1. The highest BCUT2D eigenvalue weighted by Gasteiger charge is 2.46. The maximum Gasteiger partial charge on any atom is 0.319 e. The molecule has 5 aromatic rings. The van der Waals surface area contributed by atoms with Gasteiger partial charge < -0.3 is 20.1 Å². The zero-order valence-corrected chi connectivity index (χ0v) is 27.0. The van der Waals surface area contributed by atoms with Gasteiger partial charge in [0.2, 0.25) is 0 Å². The van der Waals surface area contributed by atoms with Crippen molar-refractivity contribution in [3.63, 3.8) is 0 Å². The van der Waals surface area contributed by atoms with Crippen LogP contribution in [0.5, 0.6) is 11.8 Å². The van der Waals surface area contributed by atoms with Gasteiger partial charge in [0.25, 0.3) is 0 Å². The van der Waals surface area contributed by atoms with Gasteiger partial charge in [0.1, 0.15) is 17.1 Å². The molecule has 2 bridgehead atoms. The summed E-state index contributed by atoms with van der Waals surface area (Å²) in [5.41, 5.74) is 4.92. The summed E-state index contributed by atoms with van der Waals surface area (Å²) >= 11 is 0. The van der Waals surface area contributed by atoms with Gasteiger partial charge in [-0.15, -0.1) is 6.42 Å². The molecule has 0 radical (unpaired) electrons. The second-order valence-electron chi connectivity index (χ2n) is 14.2. The Morgan fingerprint density at radius 2 is 1.92 bits per heavy atom. The number of aryl methyl sites for hydroxylation is 1. The van der Waals surface area contributed by atoms with Crippen LogP contribution in [0.4, 0.5) is 10.2 Å². The Kier molecular flexibility index (Phi) is 6.82. The molecule has 2 saturated heterocycles. The average molecular weight is 641 g/mol. The smallest absolute Gasteiger partial charge is 0.319 e. The molecule has 9 rings (SSSR count). The van der Waals surface area contributed by atoms with Crippen LogP contribution in [0.15, 0.2) is 54.7 Å². The number of aromatic nitrogens is 3. The number of ether oxygens (including phenoxy) is 1. The number of rotatable bonds is 7. The van der Waals surface area contributed by atoms with Gasteiger partial charge >= 0.3 is 6.01 Å². The molecule has 242 valence electrons. The Labute approximate surface area is 279 Å². The highest BCUT2D eigenvalue weighted by Crippen LogP contribution is 2.48. The van der Waals surface area contributed by atoms with Crippen molar-refractivity contribution in [1.82, 2.24) is 25.2 Å². The van der Waals surface area contributed by atoms with Crippen molar-refractivity contribution in [1.29, 1.82) is 0 Å². The zero-order valence-electron chi connectivity index (χ0n) is 27.0. The lowest BCUT2D eigenvalue weighted by atomic mass is 9.90. The molecule has 9 heteroatoms. The summed E-state index contributed by atoms with van der Waals surface area (Å²) in [7, 11) is 0. The minimum atomic E-state index is -0.473. The van der Waals surface area contributed by atoms with Gasteiger partial charge in [-0.3, -0.25) is 9.88 Å². The maximum atomic E-state index is 17.2. The molecule has 1 saturated carbocycles. The van der Waals surface area contributed by atoms with Gasteiger partial charge in [-0.1, -0.05) is 24.1 Å². The van der Waals surface area contributed by atoms with Crippen molar-refractivity contribution in [2.75, 3.05) is 31.1 Å². The van der Waals surface area contributed by atoms with Crippen LogP contribution in [0.2, 0.25) is 0 Å². The van der Waals surface area contributed by atoms with E-state index in [4.69, 9.17) is 21.1 Å². The molecule has 8 nitrogen and oxygen atoms in total. The van der Waals surface area contributed by atoms with Gasteiger partial charge in [0, 0.05) is 78.3 Å². The van der Waals surface area contributed by atoms with E-state index >= 15 is 4.39 Å². The number of piperazine rings is 1. The summed E-state index contributed by atoms with van der Waals surface area (Å²) < 4.78 is 23.6. The van der Waals surface area contributed by atoms with Crippen molar-refractivity contribution in [3.05, 3.63) is 82.9 Å². The fourth-order valence-corrected chi connectivity index (χ4v) is 8.25. The quantitative estimate of drug-likeness (QED) is 0.207. The van der Waals surface area contributed by atoms with E-state index in [9.17, 15) is 5.11 Å². The van der Waals surface area contributed by atoms with Crippen LogP contribution in [0.25, 0.3) is 32.8 Å². The molecule has 3 aromatic carbocycles. The summed E-state index contributed by atoms with van der Waals surface area (Å²) in [4.78, 5) is 19.1. The van der Waals surface area contributed by atoms with E-state index in [1.807, 2.05) is 43.5 Å². The second kappa shape index (κ2) is 11.1. The SMILES string of the molecule is C#Cc1cccc2cc(O)cc(-c3c(C)cc4c(N5CC6CCC(C5)N6)nc(OCC5(CN6Cc7cccnc7C6)CC5)nc4c3F)c12. The molecule has 1 aliphatic carbocycles. The Bertz CT molecular complexity index is 2120. The predicted octanol–water partition coefficient (Wildman–Crippen LogP) is 6.09. The number of phenols is 1. The lowest BCUT2D eigenvalue weighted by Crippen LogP contribution is -2.51. The number of halogens is 1. The fraction of sp³-hybridized carbons (Fsp3) is 0.359. The van der Waals surface area contributed by atoms with Crippen LogP contribution < -0.4 is 15.0 Å². The Hall–Kier alpha value is -4.78. The minimum Gasteiger partial charge on any atom is -0.508 e. The molecule has 48 heavy (non-hydrogen) atoms. The van der Waals surface area contributed by atoms with Crippen LogP contribution >= 0.6 is 0 Å². The van der Waals surface area contributed by atoms with Crippen molar-refractivity contribution < 1.29 is 14.2 Å².